The Hall–Kier alpha value is -3.78. The SMILES string of the molecule is C[C@]12C=C1C(N)=Cc1oc3cc(=N)ccc-3c(-c3cc#ccc3C(=O)O)c12. The summed E-state index contributed by atoms with van der Waals surface area (Å²) in [6.45, 7) is 2.05. The predicted molar refractivity (Wildman–Crippen MR) is 98.9 cm³/mol. The molecule has 4 aliphatic rings. The molecule has 27 heavy (non-hydrogen) atoms. The quantitative estimate of drug-likeness (QED) is 0.657. The number of allylic oxidation sites excluding steroid dienone is 2. The number of hydrogen-bond acceptors (Lipinski definition) is 4. The Bertz CT molecular complexity index is 1250. The van der Waals surface area contributed by atoms with E-state index in [1.54, 1.807) is 30.3 Å². The Balaban J connectivity index is 1.97. The molecular formula is C22H14N2O3. The molecule has 0 aromatic heterocycles. The van der Waals surface area contributed by atoms with Crippen LogP contribution in [-0.4, -0.2) is 11.1 Å². The fourth-order valence-electron chi connectivity index (χ4n) is 3.97. The van der Waals surface area contributed by atoms with E-state index in [1.807, 2.05) is 6.92 Å². The molecule has 0 fully saturated rings. The van der Waals surface area contributed by atoms with Crippen LogP contribution in [0.1, 0.15) is 28.6 Å². The topological polar surface area (TPSA) is 100 Å². The van der Waals surface area contributed by atoms with Gasteiger partial charge in [-0.25, -0.2) is 4.79 Å². The van der Waals surface area contributed by atoms with Crippen molar-refractivity contribution in [1.82, 2.24) is 0 Å². The lowest BCUT2D eigenvalue weighted by Gasteiger charge is -2.27. The third-order valence-corrected chi connectivity index (χ3v) is 5.30. The van der Waals surface area contributed by atoms with Crippen molar-refractivity contribution in [2.75, 3.05) is 0 Å². The molecule has 1 aromatic carbocycles. The lowest BCUT2D eigenvalue weighted by atomic mass is 9.78. The van der Waals surface area contributed by atoms with Crippen molar-refractivity contribution in [2.45, 2.75) is 12.3 Å². The van der Waals surface area contributed by atoms with E-state index in [1.165, 1.54) is 6.07 Å². The van der Waals surface area contributed by atoms with E-state index < -0.39 is 11.4 Å². The van der Waals surface area contributed by atoms with Crippen LogP contribution < -0.4 is 11.1 Å². The van der Waals surface area contributed by atoms with Crippen LogP contribution in [0.25, 0.3) is 28.5 Å². The first-order chi connectivity index (χ1) is 12.9. The molecule has 0 amide bonds. The van der Waals surface area contributed by atoms with E-state index in [9.17, 15) is 9.90 Å². The van der Waals surface area contributed by atoms with Gasteiger partial charge in [0.15, 0.2) is 0 Å². The van der Waals surface area contributed by atoms with E-state index in [0.29, 0.717) is 28.1 Å². The van der Waals surface area contributed by atoms with Gasteiger partial charge < -0.3 is 20.7 Å². The van der Waals surface area contributed by atoms with Gasteiger partial charge in [0.2, 0.25) is 0 Å². The van der Waals surface area contributed by atoms with Crippen LogP contribution in [0.15, 0.2) is 52.1 Å². The van der Waals surface area contributed by atoms with Gasteiger partial charge in [-0.2, -0.15) is 0 Å². The van der Waals surface area contributed by atoms with Crippen LogP contribution in [0, 0.1) is 17.5 Å². The van der Waals surface area contributed by atoms with Crippen molar-refractivity contribution in [2.24, 2.45) is 5.73 Å². The largest absolute Gasteiger partial charge is 0.478 e. The number of nitrogens with one attached hydrogen (secondary N) is 1. The predicted octanol–water partition coefficient (Wildman–Crippen LogP) is 3.34. The van der Waals surface area contributed by atoms with Gasteiger partial charge in [-0.1, -0.05) is 18.2 Å². The lowest BCUT2D eigenvalue weighted by Crippen LogP contribution is -2.19. The molecule has 5 rings (SSSR count). The fraction of sp³-hybridized carbons (Fsp3) is 0.0909. The van der Waals surface area contributed by atoms with Gasteiger partial charge in [0.05, 0.1) is 10.9 Å². The zero-order chi connectivity index (χ0) is 18.9. The van der Waals surface area contributed by atoms with Gasteiger partial charge in [-0.05, 0) is 30.7 Å². The maximum atomic E-state index is 11.8. The van der Waals surface area contributed by atoms with E-state index in [0.717, 1.165) is 22.3 Å². The first-order valence-electron chi connectivity index (χ1n) is 8.42. The van der Waals surface area contributed by atoms with Crippen LogP contribution in [0.4, 0.5) is 0 Å². The highest BCUT2D eigenvalue weighted by Crippen LogP contribution is 2.58. The Labute approximate surface area is 154 Å². The second kappa shape index (κ2) is 4.89. The summed E-state index contributed by atoms with van der Waals surface area (Å²) in [6.07, 6.45) is 3.84. The number of benzene rings is 1. The van der Waals surface area contributed by atoms with Crippen LogP contribution in [0.2, 0.25) is 0 Å². The van der Waals surface area contributed by atoms with Gasteiger partial charge in [0.25, 0.3) is 0 Å². The summed E-state index contributed by atoms with van der Waals surface area (Å²) < 4.78 is 6.09. The average Bonchev–Trinajstić information content (AvgIpc) is 3.33. The molecule has 0 saturated heterocycles. The normalized spacial score (nSPS) is 19.4. The van der Waals surface area contributed by atoms with Gasteiger partial charge in [-0.3, -0.25) is 0 Å². The fourth-order valence-corrected chi connectivity index (χ4v) is 3.97. The second-order valence-electron chi connectivity index (χ2n) is 7.00. The Morgan fingerprint density at radius 3 is 2.81 bits per heavy atom. The molecule has 0 spiro atoms. The molecule has 5 heteroatoms. The number of aromatic carboxylic acids is 1. The molecule has 4 N–H and O–H groups in total. The molecule has 1 aromatic rings. The minimum Gasteiger partial charge on any atom is -0.478 e. The molecule has 0 radical (unpaired) electrons. The molecule has 5 nitrogen and oxygen atoms in total. The van der Waals surface area contributed by atoms with Crippen LogP contribution >= 0.6 is 0 Å². The molecule has 3 aliphatic carbocycles. The summed E-state index contributed by atoms with van der Waals surface area (Å²) in [5.41, 5.74) is 10.5. The van der Waals surface area contributed by atoms with Crippen molar-refractivity contribution in [1.29, 1.82) is 5.41 Å². The zero-order valence-electron chi connectivity index (χ0n) is 14.4. The molecule has 0 bridgehead atoms. The second-order valence-corrected chi connectivity index (χ2v) is 7.00. The number of fused-ring (bicyclic) bond motifs is 4. The maximum Gasteiger partial charge on any atom is 0.336 e. The summed E-state index contributed by atoms with van der Waals surface area (Å²) in [6, 6.07) is 13.8. The molecule has 0 saturated carbocycles. The molecule has 1 heterocycles. The Kier molecular flexibility index (Phi) is 2.80. The highest BCUT2D eigenvalue weighted by atomic mass is 16.4. The van der Waals surface area contributed by atoms with Crippen LogP contribution in [0.3, 0.4) is 0 Å². The molecule has 1 aliphatic heterocycles. The first-order valence-corrected chi connectivity index (χ1v) is 8.42. The van der Waals surface area contributed by atoms with Gasteiger partial charge >= 0.3 is 5.97 Å². The first kappa shape index (κ1) is 15.5. The van der Waals surface area contributed by atoms with E-state index in [4.69, 9.17) is 15.6 Å². The number of rotatable bonds is 2. The minimum absolute atomic E-state index is 0.145. The Morgan fingerprint density at radius 2 is 2.04 bits per heavy atom. The van der Waals surface area contributed by atoms with Gasteiger partial charge in [0, 0.05) is 51.6 Å². The van der Waals surface area contributed by atoms with Gasteiger partial charge in [0.1, 0.15) is 11.5 Å². The number of nitrogens with two attached hydrogens (primary N) is 1. The molecule has 130 valence electrons. The van der Waals surface area contributed by atoms with Crippen molar-refractivity contribution in [3.8, 4) is 22.5 Å². The Morgan fingerprint density at radius 1 is 1.26 bits per heavy atom. The molecule has 0 unspecified atom stereocenters. The minimum atomic E-state index is -1.03. The number of hydrogen-bond donors (Lipinski definition) is 3. The van der Waals surface area contributed by atoms with E-state index in [-0.39, 0.29) is 5.56 Å². The third kappa shape index (κ3) is 2.01. The zero-order valence-corrected chi connectivity index (χ0v) is 14.4. The number of carbonyl (C=O) groups is 1. The summed E-state index contributed by atoms with van der Waals surface area (Å²) in [5, 5.41) is 17.9. The maximum absolute atomic E-state index is 11.8. The highest BCUT2D eigenvalue weighted by molar-refractivity contribution is 6.01. The molecule has 1 atom stereocenters. The molecular weight excluding hydrogens is 340 g/mol. The summed E-state index contributed by atoms with van der Waals surface area (Å²) in [4.78, 5) is 11.8. The number of carboxylic acids is 1. The van der Waals surface area contributed by atoms with Crippen molar-refractivity contribution in [3.63, 3.8) is 0 Å². The third-order valence-electron chi connectivity index (χ3n) is 5.30. The van der Waals surface area contributed by atoms with Crippen molar-refractivity contribution >= 4 is 12.0 Å². The summed E-state index contributed by atoms with van der Waals surface area (Å²) >= 11 is 0. The summed E-state index contributed by atoms with van der Waals surface area (Å²) in [5.74, 6) is 0.0667. The highest BCUT2D eigenvalue weighted by Gasteiger charge is 2.49. The average molecular weight is 354 g/mol. The van der Waals surface area contributed by atoms with Gasteiger partial charge in [-0.15, -0.1) is 0 Å². The van der Waals surface area contributed by atoms with E-state index in [2.05, 4.69) is 18.2 Å². The monoisotopic (exact) mass is 354 g/mol. The number of carboxylic acid groups (broad SMARTS) is 1. The van der Waals surface area contributed by atoms with Crippen molar-refractivity contribution < 1.29 is 14.3 Å². The van der Waals surface area contributed by atoms with Crippen LogP contribution in [-0.2, 0) is 5.41 Å². The lowest BCUT2D eigenvalue weighted by molar-refractivity contribution is 0.0697. The van der Waals surface area contributed by atoms with Crippen molar-refractivity contribution in [3.05, 3.63) is 82.1 Å². The smallest absolute Gasteiger partial charge is 0.336 e. The van der Waals surface area contributed by atoms with Crippen LogP contribution in [0.5, 0.6) is 0 Å². The standard InChI is InChI=1S/C22H14N2O3/c1-22-10-15(22)16(24)9-18-20(22)19(12-4-2-3-5-13(12)21(25)26)14-7-6-11(23)8-17(14)27-18/h4-10,23H,24H2,1H3,(H,25,26)/t22-/m0/s1. The summed E-state index contributed by atoms with van der Waals surface area (Å²) in [7, 11) is 0. The van der Waals surface area contributed by atoms with E-state index >= 15 is 0 Å².